The maximum absolute atomic E-state index is 12.4. The second-order valence-corrected chi connectivity index (χ2v) is 8.34. The molecule has 0 aliphatic heterocycles. The number of methoxy groups -OCH3 is 1. The van der Waals surface area contributed by atoms with E-state index in [9.17, 15) is 14.4 Å². The number of nitrogens with one attached hydrogen (secondary N) is 2. The molecule has 8 nitrogen and oxygen atoms in total. The molecule has 3 amide bonds. The molecular formula is C20H29ClN2O6. The van der Waals surface area contributed by atoms with Crippen LogP contribution >= 0.6 is 11.6 Å². The third kappa shape index (κ3) is 8.19. The van der Waals surface area contributed by atoms with Crippen molar-refractivity contribution < 1.29 is 28.6 Å². The van der Waals surface area contributed by atoms with Crippen LogP contribution in [0.1, 0.15) is 51.9 Å². The number of hydrogen-bond acceptors (Lipinski definition) is 6. The van der Waals surface area contributed by atoms with Gasteiger partial charge in [0.05, 0.1) is 24.3 Å². The van der Waals surface area contributed by atoms with Crippen molar-refractivity contribution in [1.82, 2.24) is 10.6 Å². The molecular weight excluding hydrogens is 400 g/mol. The maximum Gasteiger partial charge on any atom is 0.339 e. The number of esters is 1. The molecule has 29 heavy (non-hydrogen) atoms. The quantitative estimate of drug-likeness (QED) is 0.644. The second kappa shape index (κ2) is 10.3. The smallest absolute Gasteiger partial charge is 0.339 e. The first kappa shape index (κ1) is 24.6. The van der Waals surface area contributed by atoms with Crippen LogP contribution in [0.15, 0.2) is 12.1 Å². The molecule has 0 aromatic heterocycles. The lowest BCUT2D eigenvalue weighted by molar-refractivity contribution is -0.127. The van der Waals surface area contributed by atoms with E-state index in [4.69, 9.17) is 25.8 Å². The Labute approximate surface area is 176 Å². The van der Waals surface area contributed by atoms with Gasteiger partial charge in [0.15, 0.2) is 17.6 Å². The number of ether oxygens (including phenoxy) is 3. The molecule has 0 spiro atoms. The molecule has 0 unspecified atom stereocenters. The van der Waals surface area contributed by atoms with Crippen molar-refractivity contribution in [3.63, 3.8) is 0 Å². The minimum Gasteiger partial charge on any atom is -0.493 e. The molecule has 0 radical (unpaired) electrons. The Balaban J connectivity index is 2.84. The molecule has 0 aliphatic carbocycles. The number of imide groups is 1. The van der Waals surface area contributed by atoms with Crippen LogP contribution in [0.4, 0.5) is 4.79 Å². The molecule has 9 heteroatoms. The van der Waals surface area contributed by atoms with Gasteiger partial charge in [0.2, 0.25) is 0 Å². The van der Waals surface area contributed by atoms with Crippen molar-refractivity contribution in [2.24, 2.45) is 5.92 Å². The Morgan fingerprint density at radius 1 is 1.14 bits per heavy atom. The summed E-state index contributed by atoms with van der Waals surface area (Å²) in [5, 5.41) is 4.88. The van der Waals surface area contributed by atoms with Crippen LogP contribution in [-0.4, -0.2) is 43.3 Å². The van der Waals surface area contributed by atoms with Crippen LogP contribution in [0.2, 0.25) is 5.02 Å². The summed E-state index contributed by atoms with van der Waals surface area (Å²) in [5.41, 5.74) is -0.431. The molecule has 1 aromatic rings. The molecule has 0 fully saturated rings. The van der Waals surface area contributed by atoms with Crippen molar-refractivity contribution >= 4 is 29.5 Å². The molecule has 1 atom stereocenters. The number of carbonyl (C=O) groups excluding carboxylic acids is 3. The third-order valence-corrected chi connectivity index (χ3v) is 3.69. The van der Waals surface area contributed by atoms with Crippen molar-refractivity contribution in [3.8, 4) is 11.5 Å². The fourth-order valence-corrected chi connectivity index (χ4v) is 2.36. The van der Waals surface area contributed by atoms with Gasteiger partial charge in [0, 0.05) is 5.54 Å². The van der Waals surface area contributed by atoms with Gasteiger partial charge >= 0.3 is 12.0 Å². The van der Waals surface area contributed by atoms with Gasteiger partial charge in [-0.15, -0.1) is 0 Å². The van der Waals surface area contributed by atoms with Gasteiger partial charge in [0.1, 0.15) is 0 Å². The molecule has 0 saturated carbocycles. The van der Waals surface area contributed by atoms with Crippen LogP contribution < -0.4 is 20.1 Å². The minimum absolute atomic E-state index is 0.0857. The van der Waals surface area contributed by atoms with Crippen molar-refractivity contribution in [2.75, 3.05) is 13.7 Å². The van der Waals surface area contributed by atoms with Gasteiger partial charge in [-0.05, 0) is 45.7 Å². The van der Waals surface area contributed by atoms with Gasteiger partial charge in [-0.3, -0.25) is 10.1 Å². The SMILES string of the molecule is COc1cc(C(=O)O[C@H](C)C(=O)NC(=O)NC(C)(C)C)cc(Cl)c1OCC(C)C. The average molecular weight is 429 g/mol. The minimum atomic E-state index is -1.20. The van der Waals surface area contributed by atoms with Gasteiger partial charge in [-0.25, -0.2) is 9.59 Å². The first-order valence-corrected chi connectivity index (χ1v) is 9.56. The summed E-state index contributed by atoms with van der Waals surface area (Å²) in [5.74, 6) is -0.680. The van der Waals surface area contributed by atoms with Crippen molar-refractivity contribution in [1.29, 1.82) is 0 Å². The van der Waals surface area contributed by atoms with Crippen LogP contribution in [0, 0.1) is 5.92 Å². The van der Waals surface area contributed by atoms with E-state index < -0.39 is 29.6 Å². The summed E-state index contributed by atoms with van der Waals surface area (Å²) in [4.78, 5) is 36.3. The Morgan fingerprint density at radius 3 is 2.28 bits per heavy atom. The van der Waals surface area contributed by atoms with Crippen LogP contribution in [-0.2, 0) is 9.53 Å². The van der Waals surface area contributed by atoms with Crippen molar-refractivity contribution in [3.05, 3.63) is 22.7 Å². The number of hydrogen-bond donors (Lipinski definition) is 2. The fourth-order valence-electron chi connectivity index (χ4n) is 2.10. The Hall–Kier alpha value is -2.48. The highest BCUT2D eigenvalue weighted by atomic mass is 35.5. The number of halogens is 1. The summed E-state index contributed by atoms with van der Waals surface area (Å²) in [7, 11) is 1.42. The Kier molecular flexibility index (Phi) is 8.76. The maximum atomic E-state index is 12.4. The Morgan fingerprint density at radius 2 is 1.76 bits per heavy atom. The summed E-state index contributed by atoms with van der Waals surface area (Å²) in [6.45, 7) is 11.1. The monoisotopic (exact) mass is 428 g/mol. The normalized spacial score (nSPS) is 12.2. The van der Waals surface area contributed by atoms with E-state index in [0.717, 1.165) is 0 Å². The predicted molar refractivity (Wildman–Crippen MR) is 110 cm³/mol. The zero-order valence-corrected chi connectivity index (χ0v) is 18.6. The number of amides is 3. The highest BCUT2D eigenvalue weighted by Gasteiger charge is 2.24. The lowest BCUT2D eigenvalue weighted by Crippen LogP contribution is -2.50. The van der Waals surface area contributed by atoms with Crippen molar-refractivity contribution in [2.45, 2.75) is 53.2 Å². The highest BCUT2D eigenvalue weighted by Crippen LogP contribution is 2.37. The molecule has 2 N–H and O–H groups in total. The predicted octanol–water partition coefficient (Wildman–Crippen LogP) is 3.55. The molecule has 1 rings (SSSR count). The van der Waals surface area contributed by atoms with E-state index in [0.29, 0.717) is 12.4 Å². The van der Waals surface area contributed by atoms with Gasteiger partial charge in [-0.2, -0.15) is 0 Å². The summed E-state index contributed by atoms with van der Waals surface area (Å²) in [6, 6.07) is 2.11. The molecule has 162 valence electrons. The number of urea groups is 1. The van der Waals surface area contributed by atoms with Crippen LogP contribution in [0.5, 0.6) is 11.5 Å². The first-order chi connectivity index (χ1) is 13.3. The van der Waals surface area contributed by atoms with Crippen LogP contribution in [0.3, 0.4) is 0 Å². The summed E-state index contributed by atoms with van der Waals surface area (Å²) >= 11 is 6.23. The van der Waals surface area contributed by atoms with E-state index in [2.05, 4.69) is 10.6 Å². The first-order valence-electron chi connectivity index (χ1n) is 9.18. The fraction of sp³-hybridized carbons (Fsp3) is 0.550. The molecule has 0 aliphatic rings. The number of benzene rings is 1. The largest absolute Gasteiger partial charge is 0.493 e. The van der Waals surface area contributed by atoms with E-state index in [1.165, 1.54) is 26.2 Å². The molecule has 0 saturated heterocycles. The number of carbonyl (C=O) groups is 3. The lowest BCUT2D eigenvalue weighted by atomic mass is 10.1. The average Bonchev–Trinajstić information content (AvgIpc) is 2.57. The second-order valence-electron chi connectivity index (χ2n) is 7.94. The van der Waals surface area contributed by atoms with E-state index >= 15 is 0 Å². The van der Waals surface area contributed by atoms with Gasteiger partial charge in [0.25, 0.3) is 5.91 Å². The number of rotatable bonds is 7. The molecule has 1 aromatic carbocycles. The van der Waals surface area contributed by atoms with Gasteiger partial charge < -0.3 is 19.5 Å². The van der Waals surface area contributed by atoms with E-state index in [1.54, 1.807) is 20.8 Å². The summed E-state index contributed by atoms with van der Waals surface area (Å²) < 4.78 is 16.0. The van der Waals surface area contributed by atoms with Gasteiger partial charge in [-0.1, -0.05) is 25.4 Å². The zero-order chi connectivity index (χ0) is 22.4. The van der Waals surface area contributed by atoms with Crippen LogP contribution in [0.25, 0.3) is 0 Å². The highest BCUT2D eigenvalue weighted by molar-refractivity contribution is 6.32. The standard InChI is InChI=1S/C20H29ClN2O6/c1-11(2)10-28-16-14(21)8-13(9-15(16)27-7)18(25)29-12(3)17(24)22-19(26)23-20(4,5)6/h8-9,11-12H,10H2,1-7H3,(H2,22,23,24,26)/t12-/m1/s1. The zero-order valence-electron chi connectivity index (χ0n) is 17.8. The third-order valence-electron chi connectivity index (χ3n) is 3.40. The lowest BCUT2D eigenvalue weighted by Gasteiger charge is -2.21. The molecule has 0 bridgehead atoms. The Bertz CT molecular complexity index is 758. The topological polar surface area (TPSA) is 103 Å². The van der Waals surface area contributed by atoms with E-state index in [1.807, 2.05) is 13.8 Å². The van der Waals surface area contributed by atoms with E-state index in [-0.39, 0.29) is 22.3 Å². The molecule has 0 heterocycles. The summed E-state index contributed by atoms with van der Waals surface area (Å²) in [6.07, 6.45) is -1.20.